The Morgan fingerprint density at radius 1 is 1.13 bits per heavy atom. The van der Waals surface area contributed by atoms with E-state index in [1.54, 1.807) is 0 Å². The molecule has 0 aromatic rings. The molecule has 1 atom stereocenters. The maximum absolute atomic E-state index is 11.9. The van der Waals surface area contributed by atoms with E-state index in [1.165, 1.54) is 13.8 Å². The van der Waals surface area contributed by atoms with E-state index in [-0.39, 0.29) is 0 Å². The van der Waals surface area contributed by atoms with Crippen LogP contribution in [0.5, 0.6) is 0 Å². The molecule has 0 amide bonds. The molecule has 0 heterocycles. The van der Waals surface area contributed by atoms with Crippen LogP contribution in [0.15, 0.2) is 0 Å². The van der Waals surface area contributed by atoms with Gasteiger partial charge in [0.2, 0.25) is 0 Å². The van der Waals surface area contributed by atoms with Crippen molar-refractivity contribution < 1.29 is 33.1 Å². The highest BCUT2D eigenvalue weighted by Gasteiger charge is 2.63. The van der Waals surface area contributed by atoms with E-state index >= 15 is 0 Å². The average Bonchev–Trinajstić information content (AvgIpc) is 2.13. The van der Waals surface area contributed by atoms with Crippen molar-refractivity contribution in [2.45, 2.75) is 18.9 Å². The second-order valence-electron chi connectivity index (χ2n) is 3.25. The quantitative estimate of drug-likeness (QED) is 0.632. The van der Waals surface area contributed by atoms with Gasteiger partial charge in [-0.25, -0.2) is 0 Å². The van der Waals surface area contributed by atoms with Crippen molar-refractivity contribution in [3.8, 4) is 0 Å². The zero-order valence-corrected chi connectivity index (χ0v) is 10.7. The van der Waals surface area contributed by atoms with E-state index < -0.39 is 26.2 Å². The molecule has 0 spiro atoms. The molecule has 0 saturated carbocycles. The molecule has 0 fully saturated rings. The Balaban J connectivity index is 5.72. The van der Waals surface area contributed by atoms with Crippen LogP contribution < -0.4 is 0 Å². The monoisotopic (exact) mass is 262 g/mol. The first kappa shape index (κ1) is 15.3. The minimum atomic E-state index is -5.06. The van der Waals surface area contributed by atoms with Crippen LogP contribution in [0.25, 0.3) is 0 Å². The predicted molar refractivity (Wildman–Crippen MR) is 53.5 cm³/mol. The van der Waals surface area contributed by atoms with E-state index in [1.807, 2.05) is 0 Å². The zero-order chi connectivity index (χ0) is 12.5. The number of rotatable bonds is 5. The molecule has 0 saturated heterocycles. The summed E-state index contributed by atoms with van der Waals surface area (Å²) in [5, 5.41) is 7.04. The lowest BCUT2D eigenvalue weighted by Crippen LogP contribution is -2.35. The fourth-order valence-corrected chi connectivity index (χ4v) is 4.91. The number of hydrogen-bond donors (Lipinski definition) is 3. The molecule has 0 bridgehead atoms. The van der Waals surface area contributed by atoms with E-state index in [4.69, 9.17) is 9.79 Å². The molecule has 0 aromatic heterocycles. The molecule has 92 valence electrons. The fourth-order valence-electron chi connectivity index (χ4n) is 1.16. The molecule has 3 N–H and O–H groups in total. The van der Waals surface area contributed by atoms with Gasteiger partial charge in [0.25, 0.3) is 5.08 Å². The topological polar surface area (TPSA) is 113 Å². The Morgan fingerprint density at radius 2 is 1.47 bits per heavy atom. The summed E-state index contributed by atoms with van der Waals surface area (Å²) < 4.78 is 31.9. The summed E-state index contributed by atoms with van der Waals surface area (Å²) in [7, 11) is -7.44. The zero-order valence-electron chi connectivity index (χ0n) is 8.95. The van der Waals surface area contributed by atoms with Gasteiger partial charge in [-0.05, 0) is 0 Å². The summed E-state index contributed by atoms with van der Waals surface area (Å²) in [4.78, 5) is 18.1. The standard InChI is InChI=1S/C6H16O7P2/c1-5(2)6(7,14(8,9)10)15(11,12-3)13-4/h5,7H,1-4H3,(H2,8,9,10). The first-order valence-electron chi connectivity index (χ1n) is 4.06. The molecule has 0 aliphatic rings. The van der Waals surface area contributed by atoms with Crippen molar-refractivity contribution in [1.29, 1.82) is 0 Å². The molecular formula is C6H16O7P2. The van der Waals surface area contributed by atoms with Crippen molar-refractivity contribution in [3.05, 3.63) is 0 Å². The Kier molecular flexibility index (Phi) is 4.71. The first-order chi connectivity index (χ1) is 6.56. The third kappa shape index (κ3) is 2.34. The lowest BCUT2D eigenvalue weighted by molar-refractivity contribution is 0.0809. The van der Waals surface area contributed by atoms with Gasteiger partial charge in [-0.1, -0.05) is 13.8 Å². The first-order valence-corrected chi connectivity index (χ1v) is 7.22. The second kappa shape index (κ2) is 4.63. The molecule has 0 aromatic carbocycles. The SMILES string of the molecule is COP(=O)(OC)C(O)(C(C)C)P(=O)(O)O. The van der Waals surface area contributed by atoms with Gasteiger partial charge in [-0.15, -0.1) is 0 Å². The third-order valence-corrected chi connectivity index (χ3v) is 7.26. The van der Waals surface area contributed by atoms with Crippen LogP contribution in [0.1, 0.15) is 13.8 Å². The molecule has 9 heteroatoms. The van der Waals surface area contributed by atoms with E-state index in [9.17, 15) is 14.2 Å². The van der Waals surface area contributed by atoms with Crippen LogP contribution in [-0.4, -0.2) is 34.2 Å². The highest BCUT2D eigenvalue weighted by Crippen LogP contribution is 2.74. The molecule has 0 aliphatic carbocycles. The second-order valence-corrected chi connectivity index (χ2v) is 7.78. The minimum absolute atomic E-state index is 0.952. The van der Waals surface area contributed by atoms with Gasteiger partial charge >= 0.3 is 15.2 Å². The Bertz CT molecular complexity index is 301. The van der Waals surface area contributed by atoms with Gasteiger partial charge in [0, 0.05) is 20.1 Å². The molecule has 0 radical (unpaired) electrons. The molecule has 0 rings (SSSR count). The maximum Gasteiger partial charge on any atom is 0.374 e. The minimum Gasteiger partial charge on any atom is -0.367 e. The smallest absolute Gasteiger partial charge is 0.367 e. The van der Waals surface area contributed by atoms with Crippen LogP contribution in [0, 0.1) is 5.92 Å². The molecule has 0 aliphatic heterocycles. The van der Waals surface area contributed by atoms with Gasteiger partial charge in [-0.3, -0.25) is 9.13 Å². The van der Waals surface area contributed by atoms with Crippen LogP contribution in [0.2, 0.25) is 0 Å². The van der Waals surface area contributed by atoms with Gasteiger partial charge in [0.05, 0.1) is 0 Å². The van der Waals surface area contributed by atoms with E-state index in [0.29, 0.717) is 0 Å². The third-order valence-electron chi connectivity index (χ3n) is 2.09. The van der Waals surface area contributed by atoms with Crippen molar-refractivity contribution in [2.24, 2.45) is 5.92 Å². The van der Waals surface area contributed by atoms with Crippen LogP contribution in [0.3, 0.4) is 0 Å². The van der Waals surface area contributed by atoms with Crippen molar-refractivity contribution in [3.63, 3.8) is 0 Å². The van der Waals surface area contributed by atoms with E-state index in [2.05, 4.69) is 9.05 Å². The Morgan fingerprint density at radius 3 is 1.53 bits per heavy atom. The van der Waals surface area contributed by atoms with Gasteiger partial charge in [-0.2, -0.15) is 0 Å². The predicted octanol–water partition coefficient (Wildman–Crippen LogP) is 0.952. The van der Waals surface area contributed by atoms with Crippen LogP contribution >= 0.6 is 15.2 Å². The maximum atomic E-state index is 11.9. The van der Waals surface area contributed by atoms with Crippen molar-refractivity contribution in [2.75, 3.05) is 14.2 Å². The Labute approximate surface area is 88.1 Å². The lowest BCUT2D eigenvalue weighted by atomic mass is 10.2. The molecule has 15 heavy (non-hydrogen) atoms. The summed E-state index contributed by atoms with van der Waals surface area (Å²) in [6, 6.07) is 0. The largest absolute Gasteiger partial charge is 0.374 e. The fraction of sp³-hybridized carbons (Fsp3) is 1.00. The van der Waals surface area contributed by atoms with Gasteiger partial charge in [0.1, 0.15) is 0 Å². The van der Waals surface area contributed by atoms with Gasteiger partial charge in [0.15, 0.2) is 0 Å². The number of aliphatic hydroxyl groups is 1. The van der Waals surface area contributed by atoms with Crippen LogP contribution in [0.4, 0.5) is 0 Å². The molecule has 7 nitrogen and oxygen atoms in total. The number of hydrogen-bond acceptors (Lipinski definition) is 5. The van der Waals surface area contributed by atoms with Crippen molar-refractivity contribution in [1.82, 2.24) is 0 Å². The highest BCUT2D eigenvalue weighted by molar-refractivity contribution is 7.73. The van der Waals surface area contributed by atoms with Gasteiger partial charge < -0.3 is 23.9 Å². The van der Waals surface area contributed by atoms with Crippen molar-refractivity contribution >= 4 is 15.2 Å². The Hall–Kier alpha value is 0.260. The summed E-state index contributed by atoms with van der Waals surface area (Å²) in [5.41, 5.74) is 0. The molecule has 1 unspecified atom stereocenters. The molecular weight excluding hydrogens is 246 g/mol. The van der Waals surface area contributed by atoms with Crippen LogP contribution in [-0.2, 0) is 18.2 Å². The highest BCUT2D eigenvalue weighted by atomic mass is 31.2. The summed E-state index contributed by atoms with van der Waals surface area (Å²) >= 11 is 0. The summed E-state index contributed by atoms with van der Waals surface area (Å²) in [6.45, 7) is 2.62. The normalized spacial score (nSPS) is 17.9. The average molecular weight is 262 g/mol. The van der Waals surface area contributed by atoms with E-state index in [0.717, 1.165) is 14.2 Å². The summed E-state index contributed by atoms with van der Waals surface area (Å²) in [5.74, 6) is -0.996. The lowest BCUT2D eigenvalue weighted by Gasteiger charge is -2.36. The summed E-state index contributed by atoms with van der Waals surface area (Å²) in [6.07, 6.45) is 0.